The van der Waals surface area contributed by atoms with Crippen LogP contribution in [0, 0.1) is 11.8 Å². The fourth-order valence-corrected chi connectivity index (χ4v) is 2.17. The summed E-state index contributed by atoms with van der Waals surface area (Å²) in [5, 5.41) is 0. The van der Waals surface area contributed by atoms with E-state index in [1.54, 1.807) is 0 Å². The topological polar surface area (TPSA) is 26.3 Å². The van der Waals surface area contributed by atoms with Crippen molar-refractivity contribution in [3.63, 3.8) is 0 Å². The van der Waals surface area contributed by atoms with E-state index < -0.39 is 0 Å². The summed E-state index contributed by atoms with van der Waals surface area (Å²) in [7, 11) is 2.32. The lowest BCUT2D eigenvalue weighted by Crippen LogP contribution is -2.14. The van der Waals surface area contributed by atoms with Crippen LogP contribution in [0.4, 0.5) is 0 Å². The molecule has 3 unspecified atom stereocenters. The first-order chi connectivity index (χ1) is 6.97. The van der Waals surface area contributed by atoms with Gasteiger partial charge < -0.3 is 4.74 Å². The Kier molecular flexibility index (Phi) is 7.68. The number of esters is 1. The molecule has 3 heteroatoms. The second kappa shape index (κ2) is 7.87. The molecule has 3 atom stereocenters. The molecule has 0 aromatic rings. The Morgan fingerprint density at radius 1 is 1.33 bits per heavy atom. The molecule has 0 aromatic heterocycles. The lowest BCUT2D eigenvalue weighted by Gasteiger charge is -2.12. The quantitative estimate of drug-likeness (QED) is 0.516. The summed E-state index contributed by atoms with van der Waals surface area (Å²) in [6.07, 6.45) is 3.07. The van der Waals surface area contributed by atoms with E-state index in [1.807, 2.05) is 6.92 Å². The molecule has 0 aliphatic rings. The van der Waals surface area contributed by atoms with Crippen molar-refractivity contribution in [2.45, 2.75) is 39.8 Å². The predicted octanol–water partition coefficient (Wildman–Crippen LogP) is 3.42. The maximum Gasteiger partial charge on any atom is 0.308 e. The third-order valence-corrected chi connectivity index (χ3v) is 3.23. The molecule has 2 nitrogen and oxygen atoms in total. The average Bonchev–Trinajstić information content (AvgIpc) is 2.15. The van der Waals surface area contributed by atoms with Gasteiger partial charge in [0, 0.05) is 0 Å². The largest absolute Gasteiger partial charge is 0.469 e. The Labute approximate surface area is 95.3 Å². The minimum Gasteiger partial charge on any atom is -0.469 e. The molecule has 0 fully saturated rings. The van der Waals surface area contributed by atoms with Crippen molar-refractivity contribution in [1.29, 1.82) is 0 Å². The molecule has 15 heavy (non-hydrogen) atoms. The first-order valence-corrected chi connectivity index (χ1v) is 6.63. The van der Waals surface area contributed by atoms with Crippen LogP contribution in [0.3, 0.4) is 0 Å². The highest BCUT2D eigenvalue weighted by Crippen LogP contribution is 2.22. The molecule has 0 spiro atoms. The van der Waals surface area contributed by atoms with Crippen LogP contribution in [0.25, 0.3) is 0 Å². The van der Waals surface area contributed by atoms with Crippen LogP contribution >= 0.6 is 8.58 Å². The van der Waals surface area contributed by atoms with Crippen molar-refractivity contribution in [3.8, 4) is 0 Å². The zero-order valence-corrected chi connectivity index (χ0v) is 11.4. The summed E-state index contributed by atoms with van der Waals surface area (Å²) in [4.78, 5) is 11.2. The number of rotatable bonds is 6. The monoisotopic (exact) mass is 230 g/mol. The zero-order chi connectivity index (χ0) is 11.8. The van der Waals surface area contributed by atoms with E-state index in [0.717, 1.165) is 20.7 Å². The van der Waals surface area contributed by atoms with Gasteiger partial charge in [0.2, 0.25) is 0 Å². The Morgan fingerprint density at radius 2 is 1.93 bits per heavy atom. The Morgan fingerprint density at radius 3 is 2.40 bits per heavy atom. The number of carbonyl (C=O) groups is 1. The molecule has 0 heterocycles. The Hall–Kier alpha value is -0.360. The van der Waals surface area contributed by atoms with Gasteiger partial charge in [-0.3, -0.25) is 4.79 Å². The number of hydrogen-bond donors (Lipinski definition) is 0. The highest BCUT2D eigenvalue weighted by molar-refractivity contribution is 7.42. The number of carbonyl (C=O) groups excluding carboxylic acids is 1. The first-order valence-electron chi connectivity index (χ1n) is 5.48. The number of methoxy groups -OCH3 is 1. The Balaban J connectivity index is 3.87. The average molecular weight is 230 g/mol. The van der Waals surface area contributed by atoms with E-state index in [1.165, 1.54) is 7.11 Å². The molecule has 0 saturated heterocycles. The fraction of sp³-hybridized carbons (Fsp3) is 0.750. The third-order valence-electron chi connectivity index (χ3n) is 2.18. The van der Waals surface area contributed by atoms with Crippen molar-refractivity contribution in [1.82, 2.24) is 0 Å². The lowest BCUT2D eigenvalue weighted by atomic mass is 9.98. The summed E-state index contributed by atoms with van der Waals surface area (Å²) in [5.74, 6) is 2.57. The number of ether oxygens (including phenoxy) is 1. The van der Waals surface area contributed by atoms with Gasteiger partial charge in [0.25, 0.3) is 0 Å². The zero-order valence-electron chi connectivity index (χ0n) is 10.4. The molecule has 0 aromatic carbocycles. The van der Waals surface area contributed by atoms with Crippen LogP contribution in [-0.4, -0.2) is 18.7 Å². The highest BCUT2D eigenvalue weighted by Gasteiger charge is 2.14. The molecule has 0 aliphatic carbocycles. The first kappa shape index (κ1) is 14.6. The minimum absolute atomic E-state index is 0.00275. The summed E-state index contributed by atoms with van der Waals surface area (Å²) < 4.78 is 4.69. The summed E-state index contributed by atoms with van der Waals surface area (Å²) in [6, 6.07) is 0. The second-order valence-corrected chi connectivity index (χ2v) is 6.14. The maximum atomic E-state index is 11.2. The van der Waals surface area contributed by atoms with Crippen molar-refractivity contribution in [2.75, 3.05) is 7.11 Å². The van der Waals surface area contributed by atoms with Gasteiger partial charge >= 0.3 is 5.97 Å². The van der Waals surface area contributed by atoms with Crippen LogP contribution in [0.5, 0.6) is 0 Å². The van der Waals surface area contributed by atoms with Crippen LogP contribution in [0.15, 0.2) is 11.9 Å². The molecule has 0 amide bonds. The fourth-order valence-electron chi connectivity index (χ4n) is 1.35. The third kappa shape index (κ3) is 7.56. The van der Waals surface area contributed by atoms with Gasteiger partial charge in [-0.1, -0.05) is 48.2 Å². The number of allylic oxidation sites excluding steroid dienone is 1. The van der Waals surface area contributed by atoms with Gasteiger partial charge in [-0.05, 0) is 18.0 Å². The van der Waals surface area contributed by atoms with Crippen LogP contribution in [0.2, 0.25) is 0 Å². The van der Waals surface area contributed by atoms with Gasteiger partial charge in [-0.2, -0.15) is 0 Å². The summed E-state index contributed by atoms with van der Waals surface area (Å²) >= 11 is 0. The van der Waals surface area contributed by atoms with Crippen LogP contribution < -0.4 is 0 Å². The second-order valence-electron chi connectivity index (χ2n) is 4.32. The molecule has 0 aliphatic heterocycles. The van der Waals surface area contributed by atoms with Gasteiger partial charge in [-0.15, -0.1) is 0 Å². The van der Waals surface area contributed by atoms with E-state index in [-0.39, 0.29) is 11.9 Å². The van der Waals surface area contributed by atoms with Crippen molar-refractivity contribution in [3.05, 3.63) is 11.9 Å². The molecule has 0 bridgehead atoms. The molecule has 0 N–H and O–H groups in total. The highest BCUT2D eigenvalue weighted by atomic mass is 31.1. The van der Waals surface area contributed by atoms with Crippen LogP contribution in [0.1, 0.15) is 34.1 Å². The normalized spacial score (nSPS) is 16.4. The van der Waals surface area contributed by atoms with Gasteiger partial charge in [0.1, 0.15) is 0 Å². The van der Waals surface area contributed by atoms with Crippen LogP contribution in [-0.2, 0) is 9.53 Å². The van der Waals surface area contributed by atoms with E-state index in [0.29, 0.717) is 5.92 Å². The van der Waals surface area contributed by atoms with Crippen molar-refractivity contribution in [2.24, 2.45) is 11.8 Å². The number of hydrogen-bond acceptors (Lipinski definition) is 2. The van der Waals surface area contributed by atoms with E-state index in [9.17, 15) is 4.79 Å². The summed E-state index contributed by atoms with van der Waals surface area (Å²) in [5.41, 5.74) is 0.728. The van der Waals surface area contributed by atoms with E-state index in [4.69, 9.17) is 4.74 Å². The smallest absolute Gasteiger partial charge is 0.308 e. The van der Waals surface area contributed by atoms with Crippen molar-refractivity contribution >= 4 is 14.6 Å². The predicted molar refractivity (Wildman–Crippen MR) is 67.6 cm³/mol. The van der Waals surface area contributed by atoms with Crippen molar-refractivity contribution < 1.29 is 9.53 Å². The molecule has 0 saturated carbocycles. The maximum absolute atomic E-state index is 11.2. The lowest BCUT2D eigenvalue weighted by molar-refractivity contribution is -0.145. The van der Waals surface area contributed by atoms with Gasteiger partial charge in [0.05, 0.1) is 13.0 Å². The molecule has 88 valence electrons. The SMILES string of the molecule is COC(=O)C(C)CC(C)/C=C/PC(C)C. The Bertz CT molecular complexity index is 212. The van der Waals surface area contributed by atoms with Gasteiger partial charge in [0.15, 0.2) is 0 Å². The molecule has 0 radical (unpaired) electrons. The van der Waals surface area contributed by atoms with Gasteiger partial charge in [-0.25, -0.2) is 0 Å². The molecular weight excluding hydrogens is 207 g/mol. The molecular formula is C12H23O2P. The minimum atomic E-state index is -0.110. The van der Waals surface area contributed by atoms with E-state index in [2.05, 4.69) is 32.7 Å². The standard InChI is InChI=1S/C12H23O2P/c1-9(2)15-7-6-10(3)8-11(4)12(13)14-5/h6-7,9-11,15H,8H2,1-5H3/b7-6+. The summed E-state index contributed by atoms with van der Waals surface area (Å²) in [6.45, 7) is 8.48. The van der Waals surface area contributed by atoms with E-state index >= 15 is 0 Å². The molecule has 0 rings (SSSR count).